The van der Waals surface area contributed by atoms with Crippen LogP contribution in [0.5, 0.6) is 0 Å². The Kier molecular flexibility index (Phi) is 11.4. The lowest BCUT2D eigenvalue weighted by molar-refractivity contribution is -0.157. The van der Waals surface area contributed by atoms with Crippen molar-refractivity contribution in [3.05, 3.63) is 0 Å². The molecule has 0 saturated carbocycles. The Hall–Kier alpha value is 0.0300. The third kappa shape index (κ3) is 11.9. The molecule has 0 spiro atoms. The molecule has 5 heteroatoms. The molecule has 0 aliphatic heterocycles. The molecule has 0 N–H and O–H groups in total. The molecule has 0 aromatic rings. The van der Waals surface area contributed by atoms with Crippen molar-refractivity contribution in [2.75, 3.05) is 6.61 Å². The molecule has 28 heavy (non-hydrogen) atoms. The van der Waals surface area contributed by atoms with Gasteiger partial charge in [-0.2, -0.15) is 0 Å². The van der Waals surface area contributed by atoms with E-state index < -0.39 is 11.4 Å². The van der Waals surface area contributed by atoms with E-state index in [4.69, 9.17) is 8.92 Å². The largest absolute Gasteiger partial charge is 0.750 e. The molecule has 2 atom stereocenters. The fourth-order valence-corrected chi connectivity index (χ4v) is 5.61. The van der Waals surface area contributed by atoms with Crippen molar-refractivity contribution < 1.29 is 17.7 Å². The number of rotatable bonds is 15. The first kappa shape index (κ1) is 28.0. The van der Waals surface area contributed by atoms with E-state index in [9.17, 15) is 8.76 Å². The molecule has 0 saturated heterocycles. The SMILES string of the molecule is CCCCC(CCC)C(C)(C)CC(C)(C)OC(C)(C)CC(C)(C)COS(=O)[O-]. The first-order valence-corrected chi connectivity index (χ1v) is 12.0. The number of hydrogen-bond donors (Lipinski definition) is 0. The lowest BCUT2D eigenvalue weighted by Gasteiger charge is -2.45. The van der Waals surface area contributed by atoms with Crippen LogP contribution in [0.2, 0.25) is 0 Å². The van der Waals surface area contributed by atoms with Crippen molar-refractivity contribution in [3.63, 3.8) is 0 Å². The van der Waals surface area contributed by atoms with Crippen LogP contribution < -0.4 is 0 Å². The van der Waals surface area contributed by atoms with E-state index in [-0.39, 0.29) is 28.6 Å². The van der Waals surface area contributed by atoms with Crippen LogP contribution in [0.4, 0.5) is 0 Å². The predicted molar refractivity (Wildman–Crippen MR) is 119 cm³/mol. The van der Waals surface area contributed by atoms with Crippen LogP contribution in [-0.4, -0.2) is 26.6 Å². The molecule has 0 aliphatic carbocycles. The molecule has 0 amide bonds. The normalized spacial score (nSPS) is 16.2. The van der Waals surface area contributed by atoms with Crippen LogP contribution in [0.25, 0.3) is 0 Å². The van der Waals surface area contributed by atoms with Gasteiger partial charge >= 0.3 is 0 Å². The molecule has 0 aromatic carbocycles. The summed E-state index contributed by atoms with van der Waals surface area (Å²) in [4.78, 5) is 0. The highest BCUT2D eigenvalue weighted by Crippen LogP contribution is 2.43. The number of unbranched alkanes of at least 4 members (excludes halogenated alkanes) is 1. The fourth-order valence-electron chi connectivity index (χ4n) is 5.20. The highest BCUT2D eigenvalue weighted by atomic mass is 32.2. The van der Waals surface area contributed by atoms with Crippen molar-refractivity contribution in [1.29, 1.82) is 0 Å². The molecule has 0 rings (SSSR count). The van der Waals surface area contributed by atoms with Crippen LogP contribution in [0, 0.1) is 16.7 Å². The van der Waals surface area contributed by atoms with Gasteiger partial charge in [0.2, 0.25) is 0 Å². The van der Waals surface area contributed by atoms with Crippen molar-refractivity contribution in [3.8, 4) is 0 Å². The van der Waals surface area contributed by atoms with Crippen LogP contribution in [0.15, 0.2) is 0 Å². The van der Waals surface area contributed by atoms with E-state index in [0.29, 0.717) is 5.92 Å². The summed E-state index contributed by atoms with van der Waals surface area (Å²) in [5.41, 5.74) is -0.714. The Morgan fingerprint density at radius 3 is 1.86 bits per heavy atom. The maximum Gasteiger partial charge on any atom is 0.0842 e. The molecule has 0 aliphatic rings. The van der Waals surface area contributed by atoms with E-state index in [2.05, 4.69) is 55.4 Å². The molecular weight excluding hydrogens is 372 g/mol. The first-order chi connectivity index (χ1) is 12.6. The standard InChI is InChI=1S/C23H48O4S/c1-11-13-15-19(14-12-2)21(5,6)17-23(9,10)27-22(7,8)16-20(3,4)18-26-28(24)25/h19H,11-18H2,1-10H3,(H,24,25)/p-1. The monoisotopic (exact) mass is 419 g/mol. The summed E-state index contributed by atoms with van der Waals surface area (Å²) in [6, 6.07) is 0. The van der Waals surface area contributed by atoms with Gasteiger partial charge in [-0.25, -0.2) is 4.21 Å². The zero-order chi connectivity index (χ0) is 22.2. The van der Waals surface area contributed by atoms with Crippen LogP contribution in [0.1, 0.15) is 114 Å². The summed E-state index contributed by atoms with van der Waals surface area (Å²) in [5, 5.41) is 0. The number of ether oxygens (including phenoxy) is 1. The minimum absolute atomic E-state index is 0.164. The zero-order valence-electron chi connectivity index (χ0n) is 20.3. The van der Waals surface area contributed by atoms with Crippen LogP contribution in [0.3, 0.4) is 0 Å². The Morgan fingerprint density at radius 2 is 1.39 bits per heavy atom. The van der Waals surface area contributed by atoms with Gasteiger partial charge in [0.25, 0.3) is 0 Å². The van der Waals surface area contributed by atoms with Gasteiger partial charge in [-0.15, -0.1) is 0 Å². The quantitative estimate of drug-likeness (QED) is 0.274. The minimum atomic E-state index is -2.47. The summed E-state index contributed by atoms with van der Waals surface area (Å²) in [7, 11) is 0. The van der Waals surface area contributed by atoms with E-state index >= 15 is 0 Å². The van der Waals surface area contributed by atoms with E-state index in [1.807, 2.05) is 13.8 Å². The topological polar surface area (TPSA) is 58.6 Å². The van der Waals surface area contributed by atoms with Gasteiger partial charge in [0.15, 0.2) is 0 Å². The molecule has 0 fully saturated rings. The number of hydrogen-bond acceptors (Lipinski definition) is 4. The molecule has 0 aromatic heterocycles. The second-order valence-corrected chi connectivity index (χ2v) is 11.9. The van der Waals surface area contributed by atoms with Gasteiger partial charge in [0.05, 0.1) is 29.2 Å². The highest BCUT2D eigenvalue weighted by Gasteiger charge is 2.39. The maximum absolute atomic E-state index is 10.7. The summed E-state index contributed by atoms with van der Waals surface area (Å²) >= 11 is -2.47. The van der Waals surface area contributed by atoms with Gasteiger partial charge in [-0.1, -0.05) is 67.2 Å². The Morgan fingerprint density at radius 1 is 0.857 bits per heavy atom. The summed E-state index contributed by atoms with van der Waals surface area (Å²) < 4.78 is 32.9. The Labute approximate surface area is 178 Å². The van der Waals surface area contributed by atoms with Gasteiger partial charge < -0.3 is 13.5 Å². The van der Waals surface area contributed by atoms with E-state index in [1.54, 1.807) is 0 Å². The molecule has 0 heterocycles. The van der Waals surface area contributed by atoms with Crippen molar-refractivity contribution in [2.45, 2.75) is 125 Å². The second kappa shape index (κ2) is 11.4. The molecule has 0 bridgehead atoms. The molecule has 0 radical (unpaired) electrons. The summed E-state index contributed by atoms with van der Waals surface area (Å²) in [6.07, 6.45) is 8.02. The van der Waals surface area contributed by atoms with Gasteiger partial charge in [-0.3, -0.25) is 0 Å². The van der Waals surface area contributed by atoms with Gasteiger partial charge in [-0.05, 0) is 63.7 Å². The summed E-state index contributed by atoms with van der Waals surface area (Å²) in [5.74, 6) is 0.709. The van der Waals surface area contributed by atoms with Crippen molar-refractivity contribution >= 4 is 11.4 Å². The average Bonchev–Trinajstić information content (AvgIpc) is 2.45. The van der Waals surface area contributed by atoms with Crippen molar-refractivity contribution in [1.82, 2.24) is 0 Å². The first-order valence-electron chi connectivity index (χ1n) is 11.0. The smallest absolute Gasteiger partial charge is 0.0842 e. The van der Waals surface area contributed by atoms with Crippen LogP contribution in [-0.2, 0) is 20.3 Å². The summed E-state index contributed by atoms with van der Waals surface area (Å²) in [6.45, 7) is 22.1. The van der Waals surface area contributed by atoms with Crippen LogP contribution >= 0.6 is 0 Å². The third-order valence-electron chi connectivity index (χ3n) is 5.53. The minimum Gasteiger partial charge on any atom is -0.750 e. The maximum atomic E-state index is 10.7. The lowest BCUT2D eigenvalue weighted by Crippen LogP contribution is -2.44. The average molecular weight is 420 g/mol. The molecule has 170 valence electrons. The Bertz CT molecular complexity index is 469. The Balaban J connectivity index is 5.08. The molecule has 4 nitrogen and oxygen atoms in total. The lowest BCUT2D eigenvalue weighted by atomic mass is 9.68. The fraction of sp³-hybridized carbons (Fsp3) is 1.00. The van der Waals surface area contributed by atoms with E-state index in [0.717, 1.165) is 12.8 Å². The molecular formula is C23H47O4S-. The van der Waals surface area contributed by atoms with E-state index in [1.165, 1.54) is 32.1 Å². The van der Waals surface area contributed by atoms with Crippen molar-refractivity contribution in [2.24, 2.45) is 16.7 Å². The second-order valence-electron chi connectivity index (χ2n) is 11.2. The predicted octanol–water partition coefficient (Wildman–Crippen LogP) is 6.81. The van der Waals surface area contributed by atoms with Gasteiger partial charge in [0, 0.05) is 0 Å². The third-order valence-corrected chi connectivity index (χ3v) is 5.84. The zero-order valence-corrected chi connectivity index (χ0v) is 21.1. The van der Waals surface area contributed by atoms with Gasteiger partial charge in [0.1, 0.15) is 0 Å². The highest BCUT2D eigenvalue weighted by molar-refractivity contribution is 7.74. The molecule has 2 unspecified atom stereocenters.